The highest BCUT2D eigenvalue weighted by Gasteiger charge is 1.93. The van der Waals surface area contributed by atoms with Crippen molar-refractivity contribution in [3.05, 3.63) is 48.4 Å². The van der Waals surface area contributed by atoms with Gasteiger partial charge in [-0.2, -0.15) is 0 Å². The molecule has 0 heterocycles. The Bertz CT molecular complexity index is 223. The molecule has 0 nitrogen and oxygen atoms in total. The smallest absolute Gasteiger partial charge is 0.00717 e. The van der Waals surface area contributed by atoms with Gasteiger partial charge in [-0.1, -0.05) is 57.6 Å². The molecule has 15 heavy (non-hydrogen) atoms. The van der Waals surface area contributed by atoms with E-state index in [2.05, 4.69) is 26.2 Å². The molecule has 0 bridgehead atoms. The average Bonchev–Trinajstić information content (AvgIpc) is 2.25. The highest BCUT2D eigenvalue weighted by molar-refractivity contribution is 8.03. The Labute approximate surface area is 98.8 Å². The van der Waals surface area contributed by atoms with Gasteiger partial charge in [0.25, 0.3) is 0 Å². The monoisotopic (exact) mass is 222 g/mol. The molecular weight excluding hydrogens is 200 g/mol. The topological polar surface area (TPSA) is 0 Å². The molecule has 0 amide bonds. The molecule has 0 radical (unpaired) electrons. The summed E-state index contributed by atoms with van der Waals surface area (Å²) in [6.45, 7) is 9.62. The second-order valence-electron chi connectivity index (χ2n) is 3.31. The summed E-state index contributed by atoms with van der Waals surface area (Å²) in [5.41, 5.74) is 0. The molecule has 0 fully saturated rings. The molecule has 84 valence electrons. The van der Waals surface area contributed by atoms with Gasteiger partial charge < -0.3 is 0 Å². The quantitative estimate of drug-likeness (QED) is 0.386. The van der Waals surface area contributed by atoms with Crippen molar-refractivity contribution in [2.24, 2.45) is 0 Å². The lowest BCUT2D eigenvalue weighted by atomic mass is 10.2. The molecule has 0 spiro atoms. The summed E-state index contributed by atoms with van der Waals surface area (Å²) >= 11 is 1.89. The Balaban J connectivity index is 3.77. The first-order chi connectivity index (χ1) is 7.35. The number of unbranched alkanes of at least 4 members (excludes halogenated alkanes) is 3. The molecule has 0 rings (SSSR count). The maximum absolute atomic E-state index is 3.72. The van der Waals surface area contributed by atoms with Crippen LogP contribution in [0.1, 0.15) is 32.6 Å². The van der Waals surface area contributed by atoms with E-state index in [0.29, 0.717) is 0 Å². The minimum absolute atomic E-state index is 1.20. The fraction of sp³-hybridized carbons (Fsp3) is 0.429. The number of hydrogen-bond acceptors (Lipinski definition) is 1. The SMILES string of the molecule is C=C/C=C\C(=C/C=C)SCCCCCC. The van der Waals surface area contributed by atoms with Gasteiger partial charge in [0.1, 0.15) is 0 Å². The van der Waals surface area contributed by atoms with Gasteiger partial charge in [0.2, 0.25) is 0 Å². The first-order valence-electron chi connectivity index (χ1n) is 5.59. The van der Waals surface area contributed by atoms with Crippen LogP contribution in [-0.4, -0.2) is 5.75 Å². The number of thioether (sulfide) groups is 1. The predicted molar refractivity (Wildman–Crippen MR) is 74.2 cm³/mol. The van der Waals surface area contributed by atoms with Crippen LogP contribution in [0.25, 0.3) is 0 Å². The molecule has 0 aromatic heterocycles. The molecule has 0 aliphatic carbocycles. The molecule has 0 saturated heterocycles. The van der Waals surface area contributed by atoms with Crippen LogP contribution in [0.2, 0.25) is 0 Å². The third-order valence-corrected chi connectivity index (χ3v) is 3.04. The summed E-state index contributed by atoms with van der Waals surface area (Å²) in [5, 5.41) is 0. The molecule has 1 heteroatoms. The average molecular weight is 222 g/mol. The lowest BCUT2D eigenvalue weighted by Crippen LogP contribution is -1.81. The maximum Gasteiger partial charge on any atom is 0.00717 e. The van der Waals surface area contributed by atoms with E-state index in [1.807, 2.05) is 30.0 Å². The van der Waals surface area contributed by atoms with Crippen molar-refractivity contribution in [2.75, 3.05) is 5.75 Å². The molecular formula is C14H22S. The number of rotatable bonds is 9. The van der Waals surface area contributed by atoms with Crippen LogP contribution in [-0.2, 0) is 0 Å². The predicted octanol–water partition coefficient (Wildman–Crippen LogP) is 5.11. The van der Waals surface area contributed by atoms with Crippen molar-refractivity contribution in [1.29, 1.82) is 0 Å². The van der Waals surface area contributed by atoms with Crippen molar-refractivity contribution in [3.63, 3.8) is 0 Å². The summed E-state index contributed by atoms with van der Waals surface area (Å²) in [4.78, 5) is 1.27. The van der Waals surface area contributed by atoms with E-state index < -0.39 is 0 Å². The summed E-state index contributed by atoms with van der Waals surface area (Å²) in [6, 6.07) is 0. The fourth-order valence-corrected chi connectivity index (χ4v) is 2.10. The van der Waals surface area contributed by atoms with Gasteiger partial charge in [0.15, 0.2) is 0 Å². The zero-order valence-electron chi connectivity index (χ0n) is 9.74. The van der Waals surface area contributed by atoms with Gasteiger partial charge in [-0.05, 0) is 24.3 Å². The summed E-state index contributed by atoms with van der Waals surface area (Å²) in [7, 11) is 0. The zero-order chi connectivity index (χ0) is 11.4. The van der Waals surface area contributed by atoms with Gasteiger partial charge >= 0.3 is 0 Å². The van der Waals surface area contributed by atoms with E-state index in [4.69, 9.17) is 0 Å². The number of allylic oxidation sites excluding steroid dienone is 5. The molecule has 0 unspecified atom stereocenters. The second-order valence-corrected chi connectivity index (χ2v) is 4.48. The van der Waals surface area contributed by atoms with Crippen LogP contribution in [0.4, 0.5) is 0 Å². The van der Waals surface area contributed by atoms with Crippen molar-refractivity contribution >= 4 is 11.8 Å². The normalized spacial score (nSPS) is 11.9. The summed E-state index contributed by atoms with van der Waals surface area (Å²) in [6.07, 6.45) is 15.0. The zero-order valence-corrected chi connectivity index (χ0v) is 10.6. The van der Waals surface area contributed by atoms with Crippen molar-refractivity contribution in [3.8, 4) is 0 Å². The van der Waals surface area contributed by atoms with Crippen LogP contribution in [0.3, 0.4) is 0 Å². The highest BCUT2D eigenvalue weighted by Crippen LogP contribution is 2.19. The highest BCUT2D eigenvalue weighted by atomic mass is 32.2. The Kier molecular flexibility index (Phi) is 10.9. The summed E-state index contributed by atoms with van der Waals surface area (Å²) < 4.78 is 0. The van der Waals surface area contributed by atoms with Gasteiger partial charge in [-0.15, -0.1) is 11.8 Å². The van der Waals surface area contributed by atoms with E-state index in [1.165, 1.54) is 36.3 Å². The van der Waals surface area contributed by atoms with E-state index in [9.17, 15) is 0 Å². The molecule has 0 N–H and O–H groups in total. The Morgan fingerprint density at radius 2 is 1.93 bits per heavy atom. The minimum atomic E-state index is 1.20. The van der Waals surface area contributed by atoms with Gasteiger partial charge in [0, 0.05) is 4.91 Å². The lowest BCUT2D eigenvalue weighted by molar-refractivity contribution is 0.707. The molecule has 0 saturated carbocycles. The maximum atomic E-state index is 3.72. The summed E-state index contributed by atoms with van der Waals surface area (Å²) in [5.74, 6) is 1.20. The van der Waals surface area contributed by atoms with Crippen molar-refractivity contribution in [2.45, 2.75) is 32.6 Å². The second kappa shape index (κ2) is 11.4. The van der Waals surface area contributed by atoms with Gasteiger partial charge in [-0.3, -0.25) is 0 Å². The molecule has 0 aliphatic heterocycles. The van der Waals surface area contributed by atoms with Crippen molar-refractivity contribution < 1.29 is 0 Å². The first kappa shape index (κ1) is 14.3. The number of hydrogen-bond donors (Lipinski definition) is 0. The van der Waals surface area contributed by atoms with Crippen LogP contribution >= 0.6 is 11.8 Å². The van der Waals surface area contributed by atoms with E-state index in [-0.39, 0.29) is 0 Å². The Morgan fingerprint density at radius 1 is 1.13 bits per heavy atom. The molecule has 0 aromatic carbocycles. The molecule has 0 aliphatic rings. The van der Waals surface area contributed by atoms with Crippen LogP contribution in [0, 0.1) is 0 Å². The van der Waals surface area contributed by atoms with E-state index in [1.54, 1.807) is 6.08 Å². The van der Waals surface area contributed by atoms with E-state index in [0.717, 1.165) is 0 Å². The van der Waals surface area contributed by atoms with Crippen LogP contribution in [0.15, 0.2) is 48.4 Å². The van der Waals surface area contributed by atoms with Gasteiger partial charge in [-0.25, -0.2) is 0 Å². The standard InChI is InChI=1S/C14H22S/c1-4-7-9-10-13-15-14(11-6-3)12-8-5-2/h5-6,8,11-12H,2-4,7,9-10,13H2,1H3/b12-8-,14-11+. The molecule has 0 atom stereocenters. The van der Waals surface area contributed by atoms with Crippen molar-refractivity contribution in [1.82, 2.24) is 0 Å². The first-order valence-corrected chi connectivity index (χ1v) is 6.58. The minimum Gasteiger partial charge on any atom is -0.126 e. The lowest BCUT2D eigenvalue weighted by Gasteiger charge is -2.01. The largest absolute Gasteiger partial charge is 0.126 e. The third-order valence-electron chi connectivity index (χ3n) is 1.95. The Hall–Kier alpha value is -0.690. The van der Waals surface area contributed by atoms with E-state index >= 15 is 0 Å². The fourth-order valence-electron chi connectivity index (χ4n) is 1.15. The molecule has 0 aromatic rings. The Morgan fingerprint density at radius 3 is 2.53 bits per heavy atom. The van der Waals surface area contributed by atoms with Crippen LogP contribution < -0.4 is 0 Å². The van der Waals surface area contributed by atoms with Crippen LogP contribution in [0.5, 0.6) is 0 Å². The van der Waals surface area contributed by atoms with Gasteiger partial charge in [0.05, 0.1) is 0 Å². The third kappa shape index (κ3) is 9.61.